The van der Waals surface area contributed by atoms with Gasteiger partial charge < -0.3 is 10.0 Å². The van der Waals surface area contributed by atoms with Gasteiger partial charge in [0.05, 0.1) is 5.56 Å². The molecule has 6 nitrogen and oxygen atoms in total. The number of carboxylic acid groups (broad SMARTS) is 1. The van der Waals surface area contributed by atoms with E-state index < -0.39 is 5.97 Å². The lowest BCUT2D eigenvalue weighted by molar-refractivity contribution is -0.136. The zero-order valence-corrected chi connectivity index (χ0v) is 15.0. The standard InChI is InChI=1S/C20H25N3O3/c1-2-18(23-10-4-9-21-23)19(24)22-11-7-15(8-12-22)13-16-5-3-6-17(14-16)20(25)26/h3-6,9-10,14-15,18H,2,7-8,11-13H2,1H3,(H,25,26)/t18-/m0/s1. The van der Waals surface area contributed by atoms with Crippen LogP contribution < -0.4 is 0 Å². The van der Waals surface area contributed by atoms with Crippen LogP contribution in [-0.4, -0.2) is 44.8 Å². The summed E-state index contributed by atoms with van der Waals surface area (Å²) < 4.78 is 1.74. The predicted octanol–water partition coefficient (Wildman–Crippen LogP) is 3.01. The zero-order valence-electron chi connectivity index (χ0n) is 15.0. The van der Waals surface area contributed by atoms with E-state index in [0.29, 0.717) is 11.5 Å². The van der Waals surface area contributed by atoms with Gasteiger partial charge in [-0.3, -0.25) is 9.48 Å². The van der Waals surface area contributed by atoms with Crippen molar-refractivity contribution in [2.75, 3.05) is 13.1 Å². The van der Waals surface area contributed by atoms with E-state index in [9.17, 15) is 9.59 Å². The molecular formula is C20H25N3O3. The number of rotatable bonds is 6. The highest BCUT2D eigenvalue weighted by Crippen LogP contribution is 2.24. The number of aromatic carboxylic acids is 1. The minimum Gasteiger partial charge on any atom is -0.478 e. The van der Waals surface area contributed by atoms with Crippen molar-refractivity contribution in [3.05, 3.63) is 53.9 Å². The highest BCUT2D eigenvalue weighted by Gasteiger charge is 2.28. The summed E-state index contributed by atoms with van der Waals surface area (Å²) in [5, 5.41) is 13.3. The van der Waals surface area contributed by atoms with Crippen molar-refractivity contribution in [2.24, 2.45) is 5.92 Å². The summed E-state index contributed by atoms with van der Waals surface area (Å²) in [4.78, 5) is 25.9. The third-order valence-corrected chi connectivity index (χ3v) is 5.14. The highest BCUT2D eigenvalue weighted by molar-refractivity contribution is 5.87. The molecule has 1 aromatic carbocycles. The number of hydrogen-bond acceptors (Lipinski definition) is 3. The van der Waals surface area contributed by atoms with Crippen LogP contribution in [0, 0.1) is 5.92 Å². The van der Waals surface area contributed by atoms with Crippen molar-refractivity contribution in [1.82, 2.24) is 14.7 Å². The molecule has 1 atom stereocenters. The van der Waals surface area contributed by atoms with Crippen molar-refractivity contribution in [3.63, 3.8) is 0 Å². The maximum absolute atomic E-state index is 12.8. The van der Waals surface area contributed by atoms with E-state index in [0.717, 1.165) is 44.3 Å². The summed E-state index contributed by atoms with van der Waals surface area (Å²) in [6.45, 7) is 3.51. The summed E-state index contributed by atoms with van der Waals surface area (Å²) in [6, 6.07) is 8.77. The van der Waals surface area contributed by atoms with Crippen LogP contribution in [0.2, 0.25) is 0 Å². The van der Waals surface area contributed by atoms with Gasteiger partial charge >= 0.3 is 5.97 Å². The third kappa shape index (κ3) is 4.12. The lowest BCUT2D eigenvalue weighted by atomic mass is 9.89. The van der Waals surface area contributed by atoms with Crippen LogP contribution in [-0.2, 0) is 11.2 Å². The molecule has 2 aromatic rings. The Labute approximate surface area is 153 Å². The van der Waals surface area contributed by atoms with Crippen LogP contribution in [0.4, 0.5) is 0 Å². The van der Waals surface area contributed by atoms with Gasteiger partial charge in [0.1, 0.15) is 6.04 Å². The summed E-state index contributed by atoms with van der Waals surface area (Å²) in [7, 11) is 0. The van der Waals surface area contributed by atoms with Crippen LogP contribution in [0.25, 0.3) is 0 Å². The van der Waals surface area contributed by atoms with E-state index in [1.165, 1.54) is 0 Å². The fraction of sp³-hybridized carbons (Fsp3) is 0.450. The number of aromatic nitrogens is 2. The Hall–Kier alpha value is -2.63. The van der Waals surface area contributed by atoms with Crippen LogP contribution in [0.3, 0.4) is 0 Å². The maximum Gasteiger partial charge on any atom is 0.335 e. The Morgan fingerprint density at radius 2 is 2.04 bits per heavy atom. The zero-order chi connectivity index (χ0) is 18.5. The molecule has 6 heteroatoms. The number of likely N-dealkylation sites (tertiary alicyclic amines) is 1. The van der Waals surface area contributed by atoms with Crippen LogP contribution >= 0.6 is 0 Å². The molecule has 138 valence electrons. The third-order valence-electron chi connectivity index (χ3n) is 5.14. The highest BCUT2D eigenvalue weighted by atomic mass is 16.4. The second-order valence-electron chi connectivity index (χ2n) is 6.89. The lowest BCUT2D eigenvalue weighted by Crippen LogP contribution is -2.42. The number of carbonyl (C=O) groups excluding carboxylic acids is 1. The second-order valence-corrected chi connectivity index (χ2v) is 6.89. The van der Waals surface area contributed by atoms with E-state index in [4.69, 9.17) is 5.11 Å². The van der Waals surface area contributed by atoms with Gasteiger partial charge in [0.25, 0.3) is 0 Å². The smallest absolute Gasteiger partial charge is 0.335 e. The molecule has 1 N–H and O–H groups in total. The Kier molecular flexibility index (Phi) is 5.71. The van der Waals surface area contributed by atoms with Crippen molar-refractivity contribution in [3.8, 4) is 0 Å². The van der Waals surface area contributed by atoms with Crippen molar-refractivity contribution >= 4 is 11.9 Å². The topological polar surface area (TPSA) is 75.4 Å². The first kappa shape index (κ1) is 18.2. The molecule has 1 saturated heterocycles. The van der Waals surface area contributed by atoms with Crippen molar-refractivity contribution < 1.29 is 14.7 Å². The first-order chi connectivity index (χ1) is 12.6. The summed E-state index contributed by atoms with van der Waals surface area (Å²) in [5.74, 6) is -0.271. The van der Waals surface area contributed by atoms with Gasteiger partial charge in [-0.05, 0) is 55.4 Å². The Morgan fingerprint density at radius 1 is 1.27 bits per heavy atom. The minimum absolute atomic E-state index is 0.141. The van der Waals surface area contributed by atoms with E-state index >= 15 is 0 Å². The van der Waals surface area contributed by atoms with Crippen molar-refractivity contribution in [1.29, 1.82) is 0 Å². The fourth-order valence-electron chi connectivity index (χ4n) is 3.67. The van der Waals surface area contributed by atoms with E-state index in [1.807, 2.05) is 30.2 Å². The quantitative estimate of drug-likeness (QED) is 0.864. The molecule has 0 bridgehead atoms. The van der Waals surface area contributed by atoms with E-state index in [2.05, 4.69) is 5.10 Å². The summed E-state index contributed by atoms with van der Waals surface area (Å²) in [6.07, 6.45) is 7.01. The second kappa shape index (κ2) is 8.17. The fourth-order valence-corrected chi connectivity index (χ4v) is 3.67. The molecular weight excluding hydrogens is 330 g/mol. The molecule has 0 unspecified atom stereocenters. The molecule has 1 amide bonds. The van der Waals surface area contributed by atoms with Gasteiger partial charge in [-0.2, -0.15) is 5.10 Å². The van der Waals surface area contributed by atoms with Crippen LogP contribution in [0.5, 0.6) is 0 Å². The van der Waals surface area contributed by atoms with Gasteiger partial charge in [-0.25, -0.2) is 4.79 Å². The average molecular weight is 355 g/mol. The number of piperidine rings is 1. The average Bonchev–Trinajstić information content (AvgIpc) is 3.17. The van der Waals surface area contributed by atoms with Crippen molar-refractivity contribution in [2.45, 2.75) is 38.6 Å². The molecule has 0 saturated carbocycles. The minimum atomic E-state index is -0.892. The number of carboxylic acids is 1. The SMILES string of the molecule is CC[C@@H](C(=O)N1CCC(Cc2cccc(C(=O)O)c2)CC1)n1cccn1. The van der Waals surface area contributed by atoms with Crippen LogP contribution in [0.1, 0.15) is 48.1 Å². The first-order valence-electron chi connectivity index (χ1n) is 9.18. The maximum atomic E-state index is 12.8. The number of carbonyl (C=O) groups is 2. The molecule has 1 aromatic heterocycles. The van der Waals surface area contributed by atoms with E-state index in [1.54, 1.807) is 29.1 Å². The molecule has 1 fully saturated rings. The molecule has 3 rings (SSSR count). The van der Waals surface area contributed by atoms with Gasteiger partial charge in [0.15, 0.2) is 0 Å². The molecule has 0 radical (unpaired) electrons. The molecule has 1 aliphatic rings. The number of benzene rings is 1. The van der Waals surface area contributed by atoms with E-state index in [-0.39, 0.29) is 11.9 Å². The molecule has 2 heterocycles. The number of amides is 1. The summed E-state index contributed by atoms with van der Waals surface area (Å²) >= 11 is 0. The Morgan fingerprint density at radius 3 is 2.65 bits per heavy atom. The summed E-state index contributed by atoms with van der Waals surface area (Å²) in [5.41, 5.74) is 1.39. The lowest BCUT2D eigenvalue weighted by Gasteiger charge is -2.34. The molecule has 1 aliphatic heterocycles. The first-order valence-corrected chi connectivity index (χ1v) is 9.18. The largest absolute Gasteiger partial charge is 0.478 e. The predicted molar refractivity (Wildman–Crippen MR) is 98.0 cm³/mol. The van der Waals surface area contributed by atoms with Gasteiger partial charge in [0, 0.05) is 25.5 Å². The molecule has 26 heavy (non-hydrogen) atoms. The van der Waals surface area contributed by atoms with Gasteiger partial charge in [-0.15, -0.1) is 0 Å². The monoisotopic (exact) mass is 355 g/mol. The molecule has 0 aliphatic carbocycles. The normalized spacial score (nSPS) is 16.4. The number of hydrogen-bond donors (Lipinski definition) is 1. The number of nitrogens with zero attached hydrogens (tertiary/aromatic N) is 3. The molecule has 0 spiro atoms. The Bertz CT molecular complexity index is 749. The van der Waals surface area contributed by atoms with Gasteiger partial charge in [-0.1, -0.05) is 19.1 Å². The van der Waals surface area contributed by atoms with Gasteiger partial charge in [0.2, 0.25) is 5.91 Å². The van der Waals surface area contributed by atoms with Crippen LogP contribution in [0.15, 0.2) is 42.7 Å². The Balaban J connectivity index is 1.56.